The van der Waals surface area contributed by atoms with Gasteiger partial charge in [-0.05, 0) is 0 Å². The molecule has 0 aliphatic carbocycles. The molecule has 0 aliphatic rings. The first kappa shape index (κ1) is 23.2. The van der Waals surface area contributed by atoms with E-state index in [0.717, 1.165) is 0 Å². The third-order valence-corrected chi connectivity index (χ3v) is 3.77. The maximum absolute atomic E-state index is 10.4. The topological polar surface area (TPSA) is 171 Å². The van der Waals surface area contributed by atoms with Crippen molar-refractivity contribution in [2.24, 2.45) is 0 Å². The van der Waals surface area contributed by atoms with E-state index >= 15 is 0 Å². The molecule has 15 heteroatoms. The SMILES string of the molecule is O=P(O)(O)OP(=O)(O)OP(=O)(O)O.[KH].[NaH]. The van der Waals surface area contributed by atoms with Crippen LogP contribution in [0.25, 0.3) is 0 Å². The Hall–Kier alpha value is 3.05. The molecule has 0 aromatic rings. The van der Waals surface area contributed by atoms with Gasteiger partial charge >= 0.3 is 104 Å². The van der Waals surface area contributed by atoms with Crippen LogP contribution in [0.15, 0.2) is 0 Å². The molecule has 10 nitrogen and oxygen atoms in total. The molecule has 0 fully saturated rings. The van der Waals surface area contributed by atoms with Crippen molar-refractivity contribution in [3.63, 3.8) is 0 Å². The number of rotatable bonds is 4. The average molecular weight is 322 g/mol. The second-order valence-electron chi connectivity index (χ2n) is 1.61. The second kappa shape index (κ2) is 8.26. The van der Waals surface area contributed by atoms with Crippen LogP contribution in [0.5, 0.6) is 0 Å². The van der Waals surface area contributed by atoms with Crippen LogP contribution >= 0.6 is 23.5 Å². The quantitative estimate of drug-likeness (QED) is 0.288. The van der Waals surface area contributed by atoms with Crippen molar-refractivity contribution in [3.8, 4) is 0 Å². The fourth-order valence-corrected chi connectivity index (χ4v) is 2.82. The molecule has 0 bridgehead atoms. The molecule has 0 spiro atoms. The zero-order valence-corrected chi connectivity index (χ0v) is 8.30. The van der Waals surface area contributed by atoms with Gasteiger partial charge in [-0.2, -0.15) is 8.62 Å². The van der Waals surface area contributed by atoms with Crippen LogP contribution in [0.4, 0.5) is 0 Å². The van der Waals surface area contributed by atoms with Crippen molar-refractivity contribution in [2.45, 2.75) is 0 Å². The van der Waals surface area contributed by atoms with Gasteiger partial charge < -0.3 is 24.5 Å². The molecule has 0 saturated heterocycles. The van der Waals surface area contributed by atoms with E-state index in [1.807, 2.05) is 0 Å². The predicted octanol–water partition coefficient (Wildman–Crippen LogP) is -1.99. The van der Waals surface area contributed by atoms with E-state index in [-0.39, 0.29) is 80.9 Å². The third kappa shape index (κ3) is 17.0. The summed E-state index contributed by atoms with van der Waals surface area (Å²) in [6.07, 6.45) is 0. The molecule has 0 amide bonds. The van der Waals surface area contributed by atoms with Gasteiger partial charge in [-0.3, -0.25) is 0 Å². The summed E-state index contributed by atoms with van der Waals surface area (Å²) in [6.45, 7) is 0. The van der Waals surface area contributed by atoms with Crippen molar-refractivity contribution in [1.82, 2.24) is 0 Å². The van der Waals surface area contributed by atoms with Gasteiger partial charge in [-0.25, -0.2) is 13.7 Å². The molecule has 0 aromatic carbocycles. The van der Waals surface area contributed by atoms with Gasteiger partial charge in [0, 0.05) is 0 Å². The number of phosphoric acid groups is 3. The Balaban J connectivity index is -0.000000720. The summed E-state index contributed by atoms with van der Waals surface area (Å²) >= 11 is 0. The Bertz CT molecular complexity index is 283. The summed E-state index contributed by atoms with van der Waals surface area (Å²) in [5.41, 5.74) is 0. The standard InChI is InChI=1S/K.Na.H5O10P3.2H/c;;1-11(2,3)9-13(7,8)10-12(4,5)6;;/h;;(H,7,8)(H2,1,2,3)(H2,4,5,6);;. The zero-order chi connectivity index (χ0) is 10.9. The molecule has 84 valence electrons. The second-order valence-corrected chi connectivity index (χ2v) is 5.82. The first-order valence-electron chi connectivity index (χ1n) is 2.28. The summed E-state index contributed by atoms with van der Waals surface area (Å²) in [5, 5.41) is 0. The number of hydrogen-bond donors (Lipinski definition) is 5. The molecule has 0 rings (SSSR count). The minimum absolute atomic E-state index is 0. The molecule has 0 aliphatic heterocycles. The molecule has 0 atom stereocenters. The molecule has 0 aromatic heterocycles. The monoisotopic (exact) mass is 322 g/mol. The third-order valence-electron chi connectivity index (χ3n) is 0.419. The van der Waals surface area contributed by atoms with E-state index in [2.05, 4.69) is 8.62 Å². The molecular weight excluding hydrogens is 315 g/mol. The van der Waals surface area contributed by atoms with E-state index in [4.69, 9.17) is 24.5 Å². The molecule has 5 N–H and O–H groups in total. The summed E-state index contributed by atoms with van der Waals surface area (Å²) < 4.78 is 36.4. The van der Waals surface area contributed by atoms with E-state index < -0.39 is 23.5 Å². The predicted molar refractivity (Wildman–Crippen MR) is 50.4 cm³/mol. The van der Waals surface area contributed by atoms with Crippen LogP contribution in [0.2, 0.25) is 0 Å². The Labute approximate surface area is 149 Å². The fourth-order valence-electron chi connectivity index (χ4n) is 0.284. The first-order chi connectivity index (χ1) is 5.41. The van der Waals surface area contributed by atoms with Crippen LogP contribution < -0.4 is 0 Å². The summed E-state index contributed by atoms with van der Waals surface area (Å²) in [7, 11) is -16.2. The van der Waals surface area contributed by atoms with Gasteiger partial charge in [0.1, 0.15) is 0 Å². The Morgan fingerprint density at radius 1 is 0.733 bits per heavy atom. The molecule has 15 heavy (non-hydrogen) atoms. The van der Waals surface area contributed by atoms with Gasteiger partial charge in [-0.1, -0.05) is 0 Å². The zero-order valence-electron chi connectivity index (χ0n) is 5.62. The van der Waals surface area contributed by atoms with Crippen LogP contribution in [-0.4, -0.2) is 105 Å². The van der Waals surface area contributed by atoms with E-state index in [1.165, 1.54) is 0 Å². The molecule has 0 unspecified atom stereocenters. The number of hydrogen-bond acceptors (Lipinski definition) is 5. The molecular formula is H7KNaO10P3. The fraction of sp³-hybridized carbons (Fsp3) is 0. The van der Waals surface area contributed by atoms with Crippen molar-refractivity contribution in [3.05, 3.63) is 0 Å². The van der Waals surface area contributed by atoms with Gasteiger partial charge in [0.2, 0.25) is 0 Å². The Kier molecular flexibility index (Phi) is 12.8. The van der Waals surface area contributed by atoms with Gasteiger partial charge in [0.15, 0.2) is 0 Å². The van der Waals surface area contributed by atoms with Crippen molar-refractivity contribution in [1.29, 1.82) is 0 Å². The first-order valence-corrected chi connectivity index (χ1v) is 6.83. The van der Waals surface area contributed by atoms with Gasteiger partial charge in [0.05, 0.1) is 0 Å². The van der Waals surface area contributed by atoms with Crippen molar-refractivity contribution >= 4 is 104 Å². The average Bonchev–Trinajstić information content (AvgIpc) is 1.43. The minimum atomic E-state index is -5.46. The normalized spacial score (nSPS) is 12.6. The van der Waals surface area contributed by atoms with Gasteiger partial charge in [-0.15, -0.1) is 0 Å². The van der Waals surface area contributed by atoms with E-state index in [0.29, 0.717) is 0 Å². The van der Waals surface area contributed by atoms with Crippen LogP contribution in [0, 0.1) is 0 Å². The summed E-state index contributed by atoms with van der Waals surface area (Å²) in [6, 6.07) is 0. The molecule has 0 heterocycles. The maximum atomic E-state index is 10.4. The van der Waals surface area contributed by atoms with E-state index in [9.17, 15) is 13.7 Å². The van der Waals surface area contributed by atoms with E-state index in [1.54, 1.807) is 0 Å². The van der Waals surface area contributed by atoms with Crippen LogP contribution in [0.3, 0.4) is 0 Å². The summed E-state index contributed by atoms with van der Waals surface area (Å²) in [4.78, 5) is 40.2. The Morgan fingerprint density at radius 3 is 1.07 bits per heavy atom. The summed E-state index contributed by atoms with van der Waals surface area (Å²) in [5.74, 6) is 0. The Morgan fingerprint density at radius 2 is 0.933 bits per heavy atom. The van der Waals surface area contributed by atoms with Crippen LogP contribution in [0.1, 0.15) is 0 Å². The molecule has 0 radical (unpaired) electrons. The van der Waals surface area contributed by atoms with Crippen molar-refractivity contribution < 1.29 is 46.8 Å². The van der Waals surface area contributed by atoms with Gasteiger partial charge in [0.25, 0.3) is 0 Å². The molecule has 0 saturated carbocycles. The van der Waals surface area contributed by atoms with Crippen LogP contribution in [-0.2, 0) is 22.3 Å². The van der Waals surface area contributed by atoms with Crippen molar-refractivity contribution in [2.75, 3.05) is 0 Å².